The molecule has 118 heavy (non-hydrogen) atoms. The van der Waals surface area contributed by atoms with Crippen LogP contribution in [0.1, 0.15) is 127 Å². The first-order chi connectivity index (χ1) is 56.7. The van der Waals surface area contributed by atoms with E-state index in [4.69, 9.17) is 61.8 Å². The fourth-order valence-corrected chi connectivity index (χ4v) is 13.4. The molecule has 650 valence electrons. The Balaban J connectivity index is 0.860. The molecule has 8 amide bonds. The highest BCUT2D eigenvalue weighted by Crippen LogP contribution is 2.41. The summed E-state index contributed by atoms with van der Waals surface area (Å²) in [5.41, 5.74) is 0.814. The number of methoxy groups -OCH3 is 1. The molecule has 6 heterocycles. The van der Waals surface area contributed by atoms with Crippen LogP contribution in [0.5, 0.6) is 5.75 Å². The second kappa shape index (κ2) is 47.3. The number of aromatic nitrogens is 2. The number of para-hydroxylation sites is 1. The summed E-state index contributed by atoms with van der Waals surface area (Å²) in [6, 6.07) is 8.67. The molecule has 8 rings (SSSR count). The number of benzene rings is 2. The van der Waals surface area contributed by atoms with Gasteiger partial charge in [-0.25, -0.2) is 19.4 Å². The number of cyclic esters (lactones) is 1. The number of pyridine rings is 2. The average molecular weight is 1660 g/mol. The number of imide groups is 1. The number of ether oxygens (including phenoxy) is 12. The van der Waals surface area contributed by atoms with E-state index in [1.54, 1.807) is 47.8 Å². The van der Waals surface area contributed by atoms with Crippen molar-refractivity contribution >= 4 is 76.0 Å². The van der Waals surface area contributed by atoms with Crippen molar-refractivity contribution in [1.82, 2.24) is 40.6 Å². The minimum atomic E-state index is -2.10. The van der Waals surface area contributed by atoms with Gasteiger partial charge in [0.05, 0.1) is 134 Å². The van der Waals surface area contributed by atoms with Gasteiger partial charge in [0.1, 0.15) is 55.4 Å². The number of carbonyl (C=O) groups excluding carboxylic acids is 9. The Morgan fingerprint density at radius 1 is 0.678 bits per heavy atom. The molecule has 0 spiro atoms. The monoisotopic (exact) mass is 1660 g/mol. The predicted molar refractivity (Wildman–Crippen MR) is 420 cm³/mol. The van der Waals surface area contributed by atoms with E-state index in [9.17, 15) is 78.3 Å². The number of carboxylic acid groups (broad SMARTS) is 1. The Morgan fingerprint density at radius 2 is 1.31 bits per heavy atom. The van der Waals surface area contributed by atoms with Crippen molar-refractivity contribution in [2.45, 2.75) is 186 Å². The molecule has 0 saturated carbocycles. The van der Waals surface area contributed by atoms with Crippen molar-refractivity contribution in [3.63, 3.8) is 0 Å². The van der Waals surface area contributed by atoms with Crippen LogP contribution in [-0.4, -0.2) is 285 Å². The largest absolute Gasteiger partial charge is 0.479 e. The van der Waals surface area contributed by atoms with Crippen molar-refractivity contribution in [2.24, 2.45) is 5.92 Å². The van der Waals surface area contributed by atoms with Gasteiger partial charge in [-0.15, -0.1) is 0 Å². The van der Waals surface area contributed by atoms with Gasteiger partial charge in [-0.2, -0.15) is 0 Å². The molecular formula is C81H113N9O28. The minimum absolute atomic E-state index is 0.0349. The number of esters is 1. The van der Waals surface area contributed by atoms with E-state index in [1.165, 1.54) is 46.7 Å². The Labute approximate surface area is 683 Å². The van der Waals surface area contributed by atoms with Gasteiger partial charge in [0, 0.05) is 74.3 Å². The van der Waals surface area contributed by atoms with Gasteiger partial charge in [0.2, 0.25) is 35.8 Å². The Hall–Kier alpha value is -9.48. The smallest absolute Gasteiger partial charge is 0.410 e. The Bertz CT molecular complexity index is 4140. The number of hydrogen-bond donors (Lipinski definition) is 10. The molecule has 1 fully saturated rings. The Kier molecular flexibility index (Phi) is 37.7. The molecule has 4 aliphatic rings. The molecule has 2 aromatic carbocycles. The summed E-state index contributed by atoms with van der Waals surface area (Å²) in [6.07, 6.45) is -6.06. The first kappa shape index (κ1) is 94.0. The van der Waals surface area contributed by atoms with Crippen LogP contribution >= 0.6 is 0 Å². The highest BCUT2D eigenvalue weighted by Gasteiger charge is 2.49. The van der Waals surface area contributed by atoms with Crippen LogP contribution < -0.4 is 36.9 Å². The summed E-state index contributed by atoms with van der Waals surface area (Å²) in [7, 11) is 1.61. The molecule has 10 N–H and O–H groups in total. The molecule has 37 heteroatoms. The van der Waals surface area contributed by atoms with E-state index in [2.05, 4.69) is 26.6 Å². The van der Waals surface area contributed by atoms with Crippen LogP contribution in [0.15, 0.2) is 65.5 Å². The molecule has 0 aliphatic carbocycles. The summed E-state index contributed by atoms with van der Waals surface area (Å²) in [5, 5.41) is 68.1. The maximum Gasteiger partial charge on any atom is 0.410 e. The highest BCUT2D eigenvalue weighted by molar-refractivity contribution is 6.13. The molecule has 0 unspecified atom stereocenters. The summed E-state index contributed by atoms with van der Waals surface area (Å²) in [4.78, 5) is 154. The summed E-state index contributed by atoms with van der Waals surface area (Å²) >= 11 is 0. The first-order valence-electron chi connectivity index (χ1n) is 39.9. The van der Waals surface area contributed by atoms with E-state index in [-0.39, 0.29) is 137 Å². The van der Waals surface area contributed by atoms with E-state index < -0.39 is 120 Å². The van der Waals surface area contributed by atoms with E-state index in [0.29, 0.717) is 127 Å². The number of hydrogen-bond acceptors (Lipinski definition) is 28. The van der Waals surface area contributed by atoms with Gasteiger partial charge >= 0.3 is 18.0 Å². The summed E-state index contributed by atoms with van der Waals surface area (Å²) < 4.78 is 67.6. The van der Waals surface area contributed by atoms with Gasteiger partial charge in [-0.3, -0.25) is 43.3 Å². The molecule has 4 aromatic rings. The van der Waals surface area contributed by atoms with Crippen LogP contribution in [0.4, 0.5) is 10.5 Å². The third kappa shape index (κ3) is 26.8. The lowest BCUT2D eigenvalue weighted by Gasteiger charge is -2.38. The predicted octanol–water partition coefficient (Wildman–Crippen LogP) is 1.93. The number of amides is 8. The zero-order chi connectivity index (χ0) is 85.4. The lowest BCUT2D eigenvalue weighted by Crippen LogP contribution is -2.61. The number of fused-ring (bicyclic) bond motifs is 5. The standard InChI is InChI=1S/C81H113N9O28/c1-8-81(106)57-45-61-68-55(46-90(61)76(101)56(57)48-115-79(81)104)53(54-16-11-12-17-58(54)85-68)24-28-88(50(4)5)80(105)116-47-52-20-21-59(62(44-52)117-78-71(97)69(95)70(96)72(118-78)77(102)103)86-73(98)51(6)83-75(100)67(49(2)3)87-74(99)60(18-13-14-26-82-63(91)19-10-9-15-27-89-65(93)22-23-66(89)94)84-64(92)25-29-108-32-33-110-36-37-112-40-41-114-43-42-113-39-38-111-35-34-109-31-30-107-7/h11-12,16-17,20-23,44-45,49-51,60,67,69-72,78,95-97,106H,8-10,13-15,18-19,24-43,46-48H2,1-7H3,(H,82,91)(H,83,100)(H,84,92)(H,86,98)(H,87,99)(H,102,103)/t51-,60-,67-,69-,70-,71+,72-,78+,81-/m0/s1. The van der Waals surface area contributed by atoms with Crippen molar-refractivity contribution < 1.29 is 130 Å². The zero-order valence-corrected chi connectivity index (χ0v) is 67.9. The molecule has 0 radical (unpaired) electrons. The lowest BCUT2D eigenvalue weighted by molar-refractivity contribution is -0.271. The molecular weight excluding hydrogens is 1550 g/mol. The molecule has 4 aliphatic heterocycles. The van der Waals surface area contributed by atoms with E-state index in [0.717, 1.165) is 15.8 Å². The van der Waals surface area contributed by atoms with Crippen LogP contribution in [0.2, 0.25) is 0 Å². The number of carbonyl (C=O) groups is 10. The fraction of sp³-hybridized carbons (Fsp3) is 0.605. The van der Waals surface area contributed by atoms with Crippen LogP contribution in [0.3, 0.4) is 0 Å². The number of nitrogens with zero attached hydrogens (tertiary/aromatic N) is 4. The maximum atomic E-state index is 14.3. The normalized spacial score (nSPS) is 18.8. The lowest BCUT2D eigenvalue weighted by atomic mass is 9.86. The van der Waals surface area contributed by atoms with Gasteiger partial charge in [0.15, 0.2) is 11.7 Å². The molecule has 9 atom stereocenters. The van der Waals surface area contributed by atoms with Gasteiger partial charge in [-0.1, -0.05) is 51.5 Å². The van der Waals surface area contributed by atoms with Gasteiger partial charge < -0.3 is 118 Å². The second-order valence-corrected chi connectivity index (χ2v) is 29.2. The number of anilines is 1. The third-order valence-corrected chi connectivity index (χ3v) is 20.1. The summed E-state index contributed by atoms with van der Waals surface area (Å²) in [5.74, 6) is -7.46. The van der Waals surface area contributed by atoms with Gasteiger partial charge in [-0.05, 0) is 107 Å². The van der Waals surface area contributed by atoms with Crippen molar-refractivity contribution in [3.8, 4) is 17.1 Å². The zero-order valence-electron chi connectivity index (χ0n) is 67.9. The van der Waals surface area contributed by atoms with Crippen LogP contribution in [0.25, 0.3) is 22.3 Å². The third-order valence-electron chi connectivity index (χ3n) is 20.1. The summed E-state index contributed by atoms with van der Waals surface area (Å²) in [6.45, 7) is 15.0. The van der Waals surface area contributed by atoms with E-state index >= 15 is 0 Å². The van der Waals surface area contributed by atoms with Crippen LogP contribution in [0, 0.1) is 5.92 Å². The topological polar surface area (TPSA) is 484 Å². The van der Waals surface area contributed by atoms with Crippen LogP contribution in [-0.2, 0) is 127 Å². The highest BCUT2D eigenvalue weighted by atomic mass is 16.7. The number of rotatable bonds is 53. The number of nitrogens with one attached hydrogen (secondary N) is 5. The van der Waals surface area contributed by atoms with Crippen molar-refractivity contribution in [2.75, 3.05) is 131 Å². The molecule has 2 aromatic heterocycles. The maximum absolute atomic E-state index is 14.3. The van der Waals surface area contributed by atoms with Gasteiger partial charge in [0.25, 0.3) is 17.4 Å². The number of carboxylic acids is 1. The molecule has 37 nitrogen and oxygen atoms in total. The van der Waals surface area contributed by atoms with Crippen molar-refractivity contribution in [3.05, 3.63) is 98.9 Å². The van der Waals surface area contributed by atoms with Crippen molar-refractivity contribution in [1.29, 1.82) is 0 Å². The number of unbranched alkanes of at least 4 members (excludes halogenated alkanes) is 3. The first-order valence-corrected chi connectivity index (χ1v) is 39.9. The quantitative estimate of drug-likeness (QED) is 0.0151. The molecule has 0 bridgehead atoms. The minimum Gasteiger partial charge on any atom is -0.479 e. The second-order valence-electron chi connectivity index (χ2n) is 29.2. The number of aliphatic hydroxyl groups excluding tert-OH is 3. The number of aliphatic hydroxyl groups is 4. The Morgan fingerprint density at radius 3 is 1.92 bits per heavy atom. The fourth-order valence-electron chi connectivity index (χ4n) is 13.4. The van der Waals surface area contributed by atoms with E-state index in [1.807, 2.05) is 24.3 Å². The average Bonchev–Trinajstić information content (AvgIpc) is 1.54. The number of aliphatic carboxylic acids is 1. The SMILES string of the molecule is CC[C@@]1(O)C(=O)OCc2c1cc1n(c2=O)Cc2c-1nc1ccccc1c2CCN(C(=O)OCc1ccc(NC(=O)[C@H](C)NC(=O)[C@@H](NC(=O)[C@H](CCCCNC(=O)CCCCCN2C(=O)C=CC2=O)NC(=O)CCOCCOCCOCCOCCOCCOCCOCCOC)C(C)C)c(O[C@@H]2O[C@H](C(=O)O)[C@@H](O)[C@H](O)[C@H]2O)c1)C(C)C. The molecule has 1 saturated heterocycles.